The topological polar surface area (TPSA) is 73.3 Å². The van der Waals surface area contributed by atoms with Crippen molar-refractivity contribution in [1.82, 2.24) is 15.3 Å². The second-order valence-electron chi connectivity index (χ2n) is 9.18. The van der Waals surface area contributed by atoms with E-state index in [4.69, 9.17) is 19.4 Å². The maximum absolute atomic E-state index is 12.7. The van der Waals surface area contributed by atoms with Gasteiger partial charge >= 0.3 is 0 Å². The Bertz CT molecular complexity index is 1310. The summed E-state index contributed by atoms with van der Waals surface area (Å²) in [5.41, 5.74) is 2.31. The summed E-state index contributed by atoms with van der Waals surface area (Å²) in [6, 6.07) is 23.1. The number of nitrogens with one attached hydrogen (secondary N) is 1. The first kappa shape index (κ1) is 23.8. The van der Waals surface area contributed by atoms with Crippen LogP contribution in [0, 0.1) is 0 Å². The molecule has 184 valence electrons. The summed E-state index contributed by atoms with van der Waals surface area (Å²) in [5, 5.41) is 3.98. The zero-order valence-electron chi connectivity index (χ0n) is 20.6. The summed E-state index contributed by atoms with van der Waals surface area (Å²) >= 11 is 0. The van der Waals surface area contributed by atoms with Gasteiger partial charge in [0.05, 0.1) is 17.5 Å². The maximum Gasteiger partial charge on any atom is 0.251 e. The summed E-state index contributed by atoms with van der Waals surface area (Å²) in [6.45, 7) is 2.77. The minimum atomic E-state index is -0.0328. The molecule has 1 aromatic heterocycles. The van der Waals surface area contributed by atoms with Crippen LogP contribution in [0.2, 0.25) is 0 Å². The summed E-state index contributed by atoms with van der Waals surface area (Å²) < 4.78 is 11.9. The van der Waals surface area contributed by atoms with Crippen LogP contribution in [0.3, 0.4) is 0 Å². The SMILES string of the molecule is CCCOc1ccc(-c2nc(Oc3ccc(C(=O)NC4CCCCC4)cc3)c3ccccc3n2)cc1. The van der Waals surface area contributed by atoms with Gasteiger partial charge in [-0.05, 0) is 79.9 Å². The average Bonchev–Trinajstić information content (AvgIpc) is 2.93. The number of carbonyl (C=O) groups excluding carboxylic acids is 1. The molecular weight excluding hydrogens is 450 g/mol. The Balaban J connectivity index is 1.36. The highest BCUT2D eigenvalue weighted by Crippen LogP contribution is 2.31. The molecular formula is C30H31N3O3. The largest absolute Gasteiger partial charge is 0.494 e. The molecule has 4 aromatic rings. The first-order valence-corrected chi connectivity index (χ1v) is 12.8. The Labute approximate surface area is 211 Å². The number of fused-ring (bicyclic) bond motifs is 1. The quantitative estimate of drug-likeness (QED) is 0.295. The minimum Gasteiger partial charge on any atom is -0.494 e. The van der Waals surface area contributed by atoms with E-state index in [9.17, 15) is 4.79 Å². The molecule has 0 aliphatic heterocycles. The maximum atomic E-state index is 12.7. The number of ether oxygens (including phenoxy) is 2. The highest BCUT2D eigenvalue weighted by molar-refractivity contribution is 5.94. The summed E-state index contributed by atoms with van der Waals surface area (Å²) in [6.07, 6.45) is 6.71. The number of hydrogen-bond acceptors (Lipinski definition) is 5. The molecule has 6 heteroatoms. The van der Waals surface area contributed by atoms with Crippen molar-refractivity contribution in [2.75, 3.05) is 6.61 Å². The van der Waals surface area contributed by atoms with Crippen LogP contribution >= 0.6 is 0 Å². The Morgan fingerprint density at radius 2 is 1.61 bits per heavy atom. The summed E-state index contributed by atoms with van der Waals surface area (Å²) in [7, 11) is 0. The number of carbonyl (C=O) groups is 1. The third-order valence-corrected chi connectivity index (χ3v) is 6.43. The predicted octanol–water partition coefficient (Wildman–Crippen LogP) is 6.94. The molecule has 3 aromatic carbocycles. The van der Waals surface area contributed by atoms with E-state index in [2.05, 4.69) is 12.2 Å². The minimum absolute atomic E-state index is 0.0328. The average molecular weight is 482 g/mol. The molecule has 1 heterocycles. The fourth-order valence-corrected chi connectivity index (χ4v) is 4.48. The van der Waals surface area contributed by atoms with Crippen molar-refractivity contribution in [2.45, 2.75) is 51.5 Å². The molecule has 0 saturated heterocycles. The highest BCUT2D eigenvalue weighted by atomic mass is 16.5. The van der Waals surface area contributed by atoms with Gasteiger partial charge in [-0.1, -0.05) is 38.3 Å². The first-order chi connectivity index (χ1) is 17.7. The van der Waals surface area contributed by atoms with Crippen molar-refractivity contribution >= 4 is 16.8 Å². The summed E-state index contributed by atoms with van der Waals surface area (Å²) in [5.74, 6) is 2.46. The smallest absolute Gasteiger partial charge is 0.251 e. The van der Waals surface area contributed by atoms with Gasteiger partial charge in [0.25, 0.3) is 5.91 Å². The Kier molecular flexibility index (Phi) is 7.41. The molecule has 5 rings (SSSR count). The zero-order chi connectivity index (χ0) is 24.7. The van der Waals surface area contributed by atoms with Crippen molar-refractivity contribution in [3.8, 4) is 28.8 Å². The van der Waals surface area contributed by atoms with Gasteiger partial charge in [0.15, 0.2) is 5.82 Å². The van der Waals surface area contributed by atoms with Crippen molar-refractivity contribution < 1.29 is 14.3 Å². The van der Waals surface area contributed by atoms with Crippen LogP contribution in [0.4, 0.5) is 0 Å². The molecule has 0 bridgehead atoms. The van der Waals surface area contributed by atoms with Crippen LogP contribution in [0.15, 0.2) is 72.8 Å². The van der Waals surface area contributed by atoms with Crippen molar-refractivity contribution in [2.24, 2.45) is 0 Å². The van der Waals surface area contributed by atoms with Gasteiger partial charge in [-0.3, -0.25) is 4.79 Å². The Morgan fingerprint density at radius 1 is 0.889 bits per heavy atom. The monoisotopic (exact) mass is 481 g/mol. The van der Waals surface area contributed by atoms with E-state index in [1.165, 1.54) is 19.3 Å². The highest BCUT2D eigenvalue weighted by Gasteiger charge is 2.17. The van der Waals surface area contributed by atoms with E-state index < -0.39 is 0 Å². The number of benzene rings is 3. The second-order valence-corrected chi connectivity index (χ2v) is 9.18. The lowest BCUT2D eigenvalue weighted by atomic mass is 9.95. The fraction of sp³-hybridized carbons (Fsp3) is 0.300. The van der Waals surface area contributed by atoms with Gasteiger partial charge < -0.3 is 14.8 Å². The van der Waals surface area contributed by atoms with Gasteiger partial charge in [-0.25, -0.2) is 4.98 Å². The lowest BCUT2D eigenvalue weighted by Crippen LogP contribution is -2.36. The van der Waals surface area contributed by atoms with Gasteiger partial charge in [-0.2, -0.15) is 4.98 Å². The summed E-state index contributed by atoms with van der Waals surface area (Å²) in [4.78, 5) is 22.1. The van der Waals surface area contributed by atoms with Crippen molar-refractivity contribution in [3.63, 3.8) is 0 Å². The predicted molar refractivity (Wildman–Crippen MR) is 142 cm³/mol. The number of aromatic nitrogens is 2. The van der Waals surface area contributed by atoms with E-state index >= 15 is 0 Å². The van der Waals surface area contributed by atoms with Gasteiger partial charge in [0, 0.05) is 17.2 Å². The number of rotatable bonds is 8. The van der Waals surface area contributed by atoms with Crippen LogP contribution in [0.5, 0.6) is 17.4 Å². The molecule has 0 radical (unpaired) electrons. The van der Waals surface area contributed by atoms with Gasteiger partial charge in [-0.15, -0.1) is 0 Å². The molecule has 1 aliphatic carbocycles. The zero-order valence-corrected chi connectivity index (χ0v) is 20.6. The molecule has 0 unspecified atom stereocenters. The third-order valence-electron chi connectivity index (χ3n) is 6.43. The lowest BCUT2D eigenvalue weighted by molar-refractivity contribution is 0.0927. The number of amides is 1. The van der Waals surface area contributed by atoms with Crippen LogP contribution in [-0.4, -0.2) is 28.5 Å². The molecule has 0 atom stereocenters. The molecule has 1 saturated carbocycles. The standard InChI is InChI=1S/C30H31N3O3/c1-2-20-35-24-16-12-21(13-17-24)28-32-27-11-7-6-10-26(27)30(33-28)36-25-18-14-22(15-19-25)29(34)31-23-8-4-3-5-9-23/h6-7,10-19,23H,2-5,8-9,20H2,1H3,(H,31,34). The molecule has 6 nitrogen and oxygen atoms in total. The molecule has 1 fully saturated rings. The van der Waals surface area contributed by atoms with Crippen molar-refractivity contribution in [1.29, 1.82) is 0 Å². The van der Waals surface area contributed by atoms with Gasteiger partial charge in [0.2, 0.25) is 5.88 Å². The Morgan fingerprint density at radius 3 is 2.36 bits per heavy atom. The van der Waals surface area contributed by atoms with E-state index in [0.717, 1.165) is 41.5 Å². The number of para-hydroxylation sites is 1. The van der Waals surface area contributed by atoms with Crippen LogP contribution < -0.4 is 14.8 Å². The molecule has 36 heavy (non-hydrogen) atoms. The van der Waals surface area contributed by atoms with E-state index in [-0.39, 0.29) is 11.9 Å². The molecule has 1 aliphatic rings. The lowest BCUT2D eigenvalue weighted by Gasteiger charge is -2.22. The molecule has 1 N–H and O–H groups in total. The van der Waals surface area contributed by atoms with E-state index in [1.54, 1.807) is 12.1 Å². The Hall–Kier alpha value is -3.93. The van der Waals surface area contributed by atoms with Gasteiger partial charge in [0.1, 0.15) is 11.5 Å². The first-order valence-electron chi connectivity index (χ1n) is 12.8. The fourth-order valence-electron chi connectivity index (χ4n) is 4.48. The van der Waals surface area contributed by atoms with Crippen molar-refractivity contribution in [3.05, 3.63) is 78.4 Å². The van der Waals surface area contributed by atoms with E-state index in [1.807, 2.05) is 60.7 Å². The normalized spacial score (nSPS) is 13.9. The van der Waals surface area contributed by atoms with Crippen LogP contribution in [0.25, 0.3) is 22.3 Å². The second kappa shape index (κ2) is 11.2. The number of hydrogen-bond donors (Lipinski definition) is 1. The molecule has 1 amide bonds. The number of nitrogens with zero attached hydrogens (tertiary/aromatic N) is 2. The third kappa shape index (κ3) is 5.65. The van der Waals surface area contributed by atoms with Crippen LogP contribution in [-0.2, 0) is 0 Å². The van der Waals surface area contributed by atoms with Crippen LogP contribution in [0.1, 0.15) is 55.8 Å². The van der Waals surface area contributed by atoms with E-state index in [0.29, 0.717) is 29.6 Å². The molecule has 0 spiro atoms.